The smallest absolute Gasteiger partial charge is 0.0620 e. The molecule has 1 saturated carbocycles. The monoisotopic (exact) mass is 212 g/mol. The van der Waals surface area contributed by atoms with E-state index in [0.29, 0.717) is 12.1 Å². The van der Waals surface area contributed by atoms with Crippen LogP contribution in [0.1, 0.15) is 32.1 Å². The van der Waals surface area contributed by atoms with Crippen molar-refractivity contribution in [3.05, 3.63) is 0 Å². The van der Waals surface area contributed by atoms with Gasteiger partial charge in [-0.1, -0.05) is 12.8 Å². The Balaban J connectivity index is 1.78. The lowest BCUT2D eigenvalue weighted by atomic mass is 9.92. The second-order valence-corrected chi connectivity index (χ2v) is 4.90. The van der Waals surface area contributed by atoms with E-state index in [-0.39, 0.29) is 0 Å². The molecule has 0 aromatic rings. The molecule has 2 atom stereocenters. The number of hydrogen-bond donors (Lipinski definition) is 2. The minimum Gasteiger partial charge on any atom is -0.379 e. The van der Waals surface area contributed by atoms with Crippen molar-refractivity contribution in [3.63, 3.8) is 0 Å². The van der Waals surface area contributed by atoms with Gasteiger partial charge in [-0.25, -0.2) is 0 Å². The number of rotatable bonds is 4. The van der Waals surface area contributed by atoms with Crippen LogP contribution >= 0.6 is 0 Å². The number of morpholine rings is 1. The first kappa shape index (κ1) is 11.4. The Morgan fingerprint density at radius 3 is 2.80 bits per heavy atom. The lowest BCUT2D eigenvalue weighted by Gasteiger charge is -2.30. The summed E-state index contributed by atoms with van der Waals surface area (Å²) in [6.45, 7) is 2.79. The fraction of sp³-hybridized carbons (Fsp3) is 1.00. The molecule has 2 fully saturated rings. The Morgan fingerprint density at radius 1 is 1.40 bits per heavy atom. The van der Waals surface area contributed by atoms with Gasteiger partial charge in [0.15, 0.2) is 0 Å². The van der Waals surface area contributed by atoms with Gasteiger partial charge in [0.1, 0.15) is 0 Å². The largest absolute Gasteiger partial charge is 0.379 e. The van der Waals surface area contributed by atoms with Gasteiger partial charge in [-0.2, -0.15) is 0 Å². The molecule has 88 valence electrons. The molecule has 0 radical (unpaired) electrons. The molecule has 2 unspecified atom stereocenters. The highest BCUT2D eigenvalue weighted by Crippen LogP contribution is 2.29. The van der Waals surface area contributed by atoms with Crippen LogP contribution in [0.25, 0.3) is 0 Å². The van der Waals surface area contributed by atoms with Gasteiger partial charge in [0.25, 0.3) is 0 Å². The Labute approximate surface area is 93.0 Å². The van der Waals surface area contributed by atoms with Crippen molar-refractivity contribution in [2.75, 3.05) is 26.8 Å². The molecule has 0 spiro atoms. The normalized spacial score (nSPS) is 30.6. The predicted molar refractivity (Wildman–Crippen MR) is 62.0 cm³/mol. The minimum absolute atomic E-state index is 0.566. The second kappa shape index (κ2) is 5.83. The molecule has 3 heteroatoms. The predicted octanol–water partition coefficient (Wildman–Crippen LogP) is 1.14. The van der Waals surface area contributed by atoms with E-state index in [2.05, 4.69) is 17.7 Å². The van der Waals surface area contributed by atoms with E-state index >= 15 is 0 Å². The number of hydrogen-bond acceptors (Lipinski definition) is 3. The third kappa shape index (κ3) is 3.16. The topological polar surface area (TPSA) is 33.3 Å². The van der Waals surface area contributed by atoms with Crippen molar-refractivity contribution >= 4 is 0 Å². The molecule has 3 nitrogen and oxygen atoms in total. The summed E-state index contributed by atoms with van der Waals surface area (Å²) < 4.78 is 5.50. The van der Waals surface area contributed by atoms with Crippen LogP contribution in [0.3, 0.4) is 0 Å². The standard InChI is InChI=1S/C12H24N2O/c1-13-12(10-4-2-3-5-10)8-11-9-15-7-6-14-11/h10-14H,2-9H2,1H3. The molecular formula is C12H24N2O. The molecule has 0 aromatic heterocycles. The first-order valence-electron chi connectivity index (χ1n) is 6.38. The molecule has 0 amide bonds. The highest BCUT2D eigenvalue weighted by molar-refractivity contribution is 4.84. The summed E-state index contributed by atoms with van der Waals surface area (Å²) in [5.74, 6) is 0.902. The molecular weight excluding hydrogens is 188 g/mol. The second-order valence-electron chi connectivity index (χ2n) is 4.90. The van der Waals surface area contributed by atoms with Crippen molar-refractivity contribution < 1.29 is 4.74 Å². The van der Waals surface area contributed by atoms with E-state index in [0.717, 1.165) is 25.7 Å². The van der Waals surface area contributed by atoms with E-state index in [1.165, 1.54) is 32.1 Å². The molecule has 2 aliphatic rings. The Hall–Kier alpha value is -0.120. The van der Waals surface area contributed by atoms with Gasteiger partial charge in [0.2, 0.25) is 0 Å². The van der Waals surface area contributed by atoms with Crippen LogP contribution in [0.2, 0.25) is 0 Å². The molecule has 1 aliphatic heterocycles. The third-order valence-electron chi connectivity index (χ3n) is 3.88. The van der Waals surface area contributed by atoms with Crippen LogP contribution in [-0.2, 0) is 4.74 Å². The Bertz CT molecular complexity index is 174. The van der Waals surface area contributed by atoms with Gasteiger partial charge < -0.3 is 15.4 Å². The maximum atomic E-state index is 5.50. The highest BCUT2D eigenvalue weighted by atomic mass is 16.5. The van der Waals surface area contributed by atoms with Crippen LogP contribution in [0.15, 0.2) is 0 Å². The maximum absolute atomic E-state index is 5.50. The minimum atomic E-state index is 0.566. The molecule has 1 heterocycles. The molecule has 1 aliphatic carbocycles. The molecule has 0 bridgehead atoms. The van der Waals surface area contributed by atoms with Crippen molar-refractivity contribution in [1.82, 2.24) is 10.6 Å². The van der Waals surface area contributed by atoms with Gasteiger partial charge in [-0.3, -0.25) is 0 Å². The summed E-state index contributed by atoms with van der Waals surface area (Å²) >= 11 is 0. The van der Waals surface area contributed by atoms with Gasteiger partial charge in [-0.05, 0) is 32.2 Å². The zero-order valence-corrected chi connectivity index (χ0v) is 9.80. The summed E-state index contributed by atoms with van der Waals surface area (Å²) in [5.41, 5.74) is 0. The summed E-state index contributed by atoms with van der Waals surface area (Å²) in [7, 11) is 2.10. The number of nitrogens with one attached hydrogen (secondary N) is 2. The average Bonchev–Trinajstić information content (AvgIpc) is 2.81. The summed E-state index contributed by atoms with van der Waals surface area (Å²) in [5, 5.41) is 7.04. The quantitative estimate of drug-likeness (QED) is 0.733. The van der Waals surface area contributed by atoms with Crippen molar-refractivity contribution in [3.8, 4) is 0 Å². The molecule has 1 saturated heterocycles. The summed E-state index contributed by atoms with van der Waals surface area (Å²) in [6, 6.07) is 1.25. The Kier molecular flexibility index (Phi) is 4.42. The van der Waals surface area contributed by atoms with Crippen molar-refractivity contribution in [2.45, 2.75) is 44.2 Å². The molecule has 15 heavy (non-hydrogen) atoms. The van der Waals surface area contributed by atoms with Crippen LogP contribution in [0.5, 0.6) is 0 Å². The first-order valence-corrected chi connectivity index (χ1v) is 6.38. The summed E-state index contributed by atoms with van der Waals surface area (Å²) in [4.78, 5) is 0. The van der Waals surface area contributed by atoms with E-state index in [4.69, 9.17) is 4.74 Å². The van der Waals surface area contributed by atoms with E-state index < -0.39 is 0 Å². The van der Waals surface area contributed by atoms with Gasteiger partial charge in [-0.15, -0.1) is 0 Å². The lowest BCUT2D eigenvalue weighted by Crippen LogP contribution is -2.46. The number of ether oxygens (including phenoxy) is 1. The average molecular weight is 212 g/mol. The van der Waals surface area contributed by atoms with E-state index in [9.17, 15) is 0 Å². The van der Waals surface area contributed by atoms with Crippen LogP contribution < -0.4 is 10.6 Å². The van der Waals surface area contributed by atoms with E-state index in [1.807, 2.05) is 0 Å². The summed E-state index contributed by atoms with van der Waals surface area (Å²) in [6.07, 6.45) is 6.91. The van der Waals surface area contributed by atoms with Gasteiger partial charge in [0, 0.05) is 18.6 Å². The Morgan fingerprint density at radius 2 is 2.20 bits per heavy atom. The SMILES string of the molecule is CNC(CC1COCCN1)C1CCCC1. The molecule has 0 aromatic carbocycles. The van der Waals surface area contributed by atoms with E-state index in [1.54, 1.807) is 0 Å². The zero-order valence-electron chi connectivity index (χ0n) is 9.80. The fourth-order valence-electron chi connectivity index (χ4n) is 2.98. The highest BCUT2D eigenvalue weighted by Gasteiger charge is 2.26. The first-order chi connectivity index (χ1) is 7.40. The van der Waals surface area contributed by atoms with Crippen molar-refractivity contribution in [1.29, 1.82) is 0 Å². The van der Waals surface area contributed by atoms with Gasteiger partial charge in [0.05, 0.1) is 13.2 Å². The van der Waals surface area contributed by atoms with Crippen LogP contribution in [0, 0.1) is 5.92 Å². The van der Waals surface area contributed by atoms with Crippen molar-refractivity contribution in [2.24, 2.45) is 5.92 Å². The lowest BCUT2D eigenvalue weighted by molar-refractivity contribution is 0.0681. The third-order valence-corrected chi connectivity index (χ3v) is 3.88. The van der Waals surface area contributed by atoms with Crippen LogP contribution in [0.4, 0.5) is 0 Å². The maximum Gasteiger partial charge on any atom is 0.0620 e. The molecule has 2 N–H and O–H groups in total. The fourth-order valence-corrected chi connectivity index (χ4v) is 2.98. The van der Waals surface area contributed by atoms with Crippen LogP contribution in [-0.4, -0.2) is 38.9 Å². The van der Waals surface area contributed by atoms with Gasteiger partial charge >= 0.3 is 0 Å². The zero-order chi connectivity index (χ0) is 10.5. The molecule has 2 rings (SSSR count).